The maximum atomic E-state index is 11.1. The van der Waals surface area contributed by atoms with Crippen molar-refractivity contribution in [2.75, 3.05) is 18.0 Å². The number of pyridine rings is 1. The molecule has 0 spiro atoms. The van der Waals surface area contributed by atoms with Crippen LogP contribution in [0.2, 0.25) is 0 Å². The number of hydrogen-bond acceptors (Lipinski definition) is 4. The summed E-state index contributed by atoms with van der Waals surface area (Å²) in [4.78, 5) is 17.5. The van der Waals surface area contributed by atoms with Crippen molar-refractivity contribution in [3.05, 3.63) is 59.5 Å². The zero-order valence-electron chi connectivity index (χ0n) is 14.3. The Morgan fingerprint density at radius 2 is 2.04 bits per heavy atom. The molecule has 0 radical (unpaired) electrons. The van der Waals surface area contributed by atoms with Crippen molar-refractivity contribution < 1.29 is 9.90 Å². The third-order valence-electron chi connectivity index (χ3n) is 5.10. The molecule has 0 saturated carbocycles. The number of carbonyl (C=O) groups is 1. The lowest BCUT2D eigenvalue weighted by atomic mass is 9.82. The minimum atomic E-state index is -1.11. The standard InChI is InChI=1S/C19H20N4O2/c1-13-10-15(11-23-17(13)20-16(21-23)18(24)25)22-9-8-19(2,12-22)14-6-4-3-5-7-14/h3-7,10-11H,8-9,12H2,1-2H3,(H,24,25). The maximum Gasteiger partial charge on any atom is 0.375 e. The Balaban J connectivity index is 1.68. The molecule has 1 atom stereocenters. The highest BCUT2D eigenvalue weighted by Crippen LogP contribution is 2.36. The van der Waals surface area contributed by atoms with Crippen molar-refractivity contribution >= 4 is 17.3 Å². The fourth-order valence-corrected chi connectivity index (χ4v) is 3.65. The number of carboxylic acid groups (broad SMARTS) is 1. The summed E-state index contributed by atoms with van der Waals surface area (Å²) in [5, 5.41) is 13.2. The molecule has 3 heterocycles. The summed E-state index contributed by atoms with van der Waals surface area (Å²) < 4.78 is 1.58. The zero-order valence-corrected chi connectivity index (χ0v) is 14.3. The smallest absolute Gasteiger partial charge is 0.375 e. The second kappa shape index (κ2) is 5.58. The molecule has 1 saturated heterocycles. The predicted molar refractivity (Wildman–Crippen MR) is 95.3 cm³/mol. The molecule has 0 bridgehead atoms. The van der Waals surface area contributed by atoms with Crippen LogP contribution in [-0.4, -0.2) is 38.8 Å². The van der Waals surface area contributed by atoms with Crippen LogP contribution in [0.25, 0.3) is 5.65 Å². The van der Waals surface area contributed by atoms with Crippen molar-refractivity contribution in [2.45, 2.75) is 25.7 Å². The number of anilines is 1. The fourth-order valence-electron chi connectivity index (χ4n) is 3.65. The Morgan fingerprint density at radius 3 is 2.76 bits per heavy atom. The van der Waals surface area contributed by atoms with E-state index < -0.39 is 5.97 Å². The Labute approximate surface area is 145 Å². The van der Waals surface area contributed by atoms with E-state index in [1.54, 1.807) is 4.52 Å². The van der Waals surface area contributed by atoms with Gasteiger partial charge in [-0.1, -0.05) is 37.3 Å². The van der Waals surface area contributed by atoms with Crippen LogP contribution in [0.3, 0.4) is 0 Å². The highest BCUT2D eigenvalue weighted by molar-refractivity contribution is 5.84. The number of hydrogen-bond donors (Lipinski definition) is 1. The summed E-state index contributed by atoms with van der Waals surface area (Å²) in [7, 11) is 0. The van der Waals surface area contributed by atoms with Crippen molar-refractivity contribution in [3.8, 4) is 0 Å². The number of carboxylic acids is 1. The van der Waals surface area contributed by atoms with Gasteiger partial charge < -0.3 is 10.0 Å². The predicted octanol–water partition coefficient (Wildman–Crippen LogP) is 2.90. The Hall–Kier alpha value is -2.89. The van der Waals surface area contributed by atoms with E-state index in [1.165, 1.54) is 5.56 Å². The van der Waals surface area contributed by atoms with Gasteiger partial charge in [0.2, 0.25) is 0 Å². The van der Waals surface area contributed by atoms with E-state index in [0.29, 0.717) is 5.65 Å². The molecule has 25 heavy (non-hydrogen) atoms. The van der Waals surface area contributed by atoms with Gasteiger partial charge in [0.1, 0.15) is 0 Å². The van der Waals surface area contributed by atoms with E-state index in [9.17, 15) is 4.79 Å². The van der Waals surface area contributed by atoms with E-state index in [4.69, 9.17) is 5.11 Å². The first-order chi connectivity index (χ1) is 12.0. The maximum absolute atomic E-state index is 11.1. The van der Waals surface area contributed by atoms with Crippen molar-refractivity contribution in [2.24, 2.45) is 0 Å². The molecule has 6 nitrogen and oxygen atoms in total. The molecular formula is C19H20N4O2. The van der Waals surface area contributed by atoms with Gasteiger partial charge in [0.05, 0.1) is 11.9 Å². The number of nitrogens with zero attached hydrogens (tertiary/aromatic N) is 4. The summed E-state index contributed by atoms with van der Waals surface area (Å²) >= 11 is 0. The highest BCUT2D eigenvalue weighted by atomic mass is 16.4. The van der Waals surface area contributed by atoms with Crippen LogP contribution < -0.4 is 4.90 Å². The van der Waals surface area contributed by atoms with Gasteiger partial charge in [0.15, 0.2) is 5.65 Å². The molecule has 1 fully saturated rings. The van der Waals surface area contributed by atoms with E-state index in [0.717, 1.165) is 30.8 Å². The summed E-state index contributed by atoms with van der Waals surface area (Å²) in [6.07, 6.45) is 2.95. The number of aromatic carboxylic acids is 1. The summed E-state index contributed by atoms with van der Waals surface area (Å²) in [6.45, 7) is 6.11. The Bertz CT molecular complexity index is 951. The van der Waals surface area contributed by atoms with Crippen molar-refractivity contribution in [1.82, 2.24) is 14.6 Å². The summed E-state index contributed by atoms with van der Waals surface area (Å²) in [5.41, 5.74) is 4.02. The van der Waals surface area contributed by atoms with Gasteiger partial charge in [-0.2, -0.15) is 0 Å². The molecule has 2 aromatic heterocycles. The highest BCUT2D eigenvalue weighted by Gasteiger charge is 2.35. The monoisotopic (exact) mass is 336 g/mol. The van der Waals surface area contributed by atoms with Gasteiger partial charge in [-0.3, -0.25) is 0 Å². The molecule has 1 aliphatic rings. The van der Waals surface area contributed by atoms with Crippen molar-refractivity contribution in [1.29, 1.82) is 0 Å². The molecule has 1 aromatic carbocycles. The van der Waals surface area contributed by atoms with Crippen LogP contribution >= 0.6 is 0 Å². The lowest BCUT2D eigenvalue weighted by Crippen LogP contribution is -2.28. The third-order valence-corrected chi connectivity index (χ3v) is 5.10. The molecule has 1 N–H and O–H groups in total. The fraction of sp³-hybridized carbons (Fsp3) is 0.316. The molecule has 1 unspecified atom stereocenters. The average Bonchev–Trinajstić information content (AvgIpc) is 3.21. The van der Waals surface area contributed by atoms with E-state index >= 15 is 0 Å². The van der Waals surface area contributed by atoms with Crippen LogP contribution in [0, 0.1) is 6.92 Å². The van der Waals surface area contributed by atoms with E-state index in [-0.39, 0.29) is 11.2 Å². The quantitative estimate of drug-likeness (QED) is 0.796. The third kappa shape index (κ3) is 2.63. The summed E-state index contributed by atoms with van der Waals surface area (Å²) in [6, 6.07) is 12.7. The zero-order chi connectivity index (χ0) is 17.6. The average molecular weight is 336 g/mol. The largest absolute Gasteiger partial charge is 0.475 e. The molecule has 0 amide bonds. The normalized spacial score (nSPS) is 20.3. The van der Waals surface area contributed by atoms with E-state index in [2.05, 4.69) is 52.2 Å². The molecule has 6 heteroatoms. The van der Waals surface area contributed by atoms with Crippen molar-refractivity contribution in [3.63, 3.8) is 0 Å². The number of aryl methyl sites for hydroxylation is 1. The number of benzene rings is 1. The number of fused-ring (bicyclic) bond motifs is 1. The number of rotatable bonds is 3. The van der Waals surface area contributed by atoms with Gasteiger partial charge in [0, 0.05) is 18.5 Å². The molecule has 3 aromatic rings. The van der Waals surface area contributed by atoms with Gasteiger partial charge >= 0.3 is 5.97 Å². The van der Waals surface area contributed by atoms with Crippen LogP contribution in [0.1, 0.15) is 35.1 Å². The lowest BCUT2D eigenvalue weighted by Gasteiger charge is -2.26. The SMILES string of the molecule is Cc1cc(N2CCC(C)(c3ccccc3)C2)cn2nc(C(=O)O)nc12. The first kappa shape index (κ1) is 15.6. The van der Waals surface area contributed by atoms with E-state index in [1.807, 2.05) is 19.2 Å². The second-order valence-electron chi connectivity index (χ2n) is 6.99. The first-order valence-corrected chi connectivity index (χ1v) is 8.37. The Morgan fingerprint density at radius 1 is 1.28 bits per heavy atom. The van der Waals surface area contributed by atoms with Crippen LogP contribution in [0.4, 0.5) is 5.69 Å². The minimum absolute atomic E-state index is 0.110. The minimum Gasteiger partial charge on any atom is -0.475 e. The first-order valence-electron chi connectivity index (χ1n) is 8.37. The van der Waals surface area contributed by atoms with Crippen LogP contribution in [0.5, 0.6) is 0 Å². The summed E-state index contributed by atoms with van der Waals surface area (Å²) in [5.74, 6) is -1.28. The molecule has 0 aliphatic carbocycles. The molecule has 4 rings (SSSR count). The van der Waals surface area contributed by atoms with Crippen LogP contribution in [-0.2, 0) is 5.41 Å². The molecular weight excluding hydrogens is 316 g/mol. The van der Waals surface area contributed by atoms with Gasteiger partial charge in [-0.15, -0.1) is 5.10 Å². The van der Waals surface area contributed by atoms with Gasteiger partial charge in [-0.25, -0.2) is 14.3 Å². The second-order valence-corrected chi connectivity index (χ2v) is 6.99. The Kier molecular flexibility index (Phi) is 3.49. The lowest BCUT2D eigenvalue weighted by molar-refractivity contribution is 0.0684. The van der Waals surface area contributed by atoms with Gasteiger partial charge in [0.25, 0.3) is 5.82 Å². The molecule has 128 valence electrons. The van der Waals surface area contributed by atoms with Gasteiger partial charge in [-0.05, 0) is 30.5 Å². The topological polar surface area (TPSA) is 70.7 Å². The van der Waals surface area contributed by atoms with Crippen LogP contribution in [0.15, 0.2) is 42.6 Å². The number of aromatic nitrogens is 3. The molecule has 1 aliphatic heterocycles.